The number of carbonyl (C=O) groups excluding carboxylic acids is 1. The smallest absolute Gasteiger partial charge is 0.246 e. The van der Waals surface area contributed by atoms with E-state index in [0.717, 1.165) is 19.3 Å². The van der Waals surface area contributed by atoms with Crippen LogP contribution >= 0.6 is 0 Å². The van der Waals surface area contributed by atoms with Crippen molar-refractivity contribution in [1.82, 2.24) is 14.9 Å². The summed E-state index contributed by atoms with van der Waals surface area (Å²) in [6.07, 6.45) is 7.26. The normalized spacial score (nSPS) is 17.3. The molecule has 0 bridgehead atoms. The number of hydrogen-bond acceptors (Lipinski definition) is 9. The van der Waals surface area contributed by atoms with Crippen LogP contribution in [0, 0.1) is 5.41 Å². The molecule has 156 valence electrons. The Morgan fingerprint density at radius 3 is 2.66 bits per heavy atom. The average Bonchev–Trinajstić information content (AvgIpc) is 2.70. The van der Waals surface area contributed by atoms with E-state index in [1.807, 2.05) is 6.92 Å². The summed E-state index contributed by atoms with van der Waals surface area (Å²) in [6.45, 7) is 6.71. The molecule has 0 saturated carbocycles. The number of allylic oxidation sites excluding steroid dienone is 1. The number of anilines is 3. The zero-order valence-corrected chi connectivity index (χ0v) is 16.7. The van der Waals surface area contributed by atoms with E-state index in [1.165, 1.54) is 12.3 Å². The molecular weight excluding hydrogens is 370 g/mol. The SMILES string of the molecule is C=CC(=O)N1CCCCC1CC(=N)c1c(N)nc(NC(C=NCC)=CN)nc1N. The molecule has 0 spiro atoms. The lowest BCUT2D eigenvalue weighted by atomic mass is 9.94. The summed E-state index contributed by atoms with van der Waals surface area (Å²) in [6, 6.07) is -0.101. The van der Waals surface area contributed by atoms with Crippen molar-refractivity contribution in [3.63, 3.8) is 0 Å². The second kappa shape index (κ2) is 10.2. The lowest BCUT2D eigenvalue weighted by molar-refractivity contribution is -0.129. The molecule has 1 aliphatic rings. The van der Waals surface area contributed by atoms with Crippen LogP contribution in [0.4, 0.5) is 17.6 Å². The van der Waals surface area contributed by atoms with Gasteiger partial charge < -0.3 is 32.8 Å². The molecule has 1 aromatic heterocycles. The van der Waals surface area contributed by atoms with Crippen LogP contribution in [0.25, 0.3) is 0 Å². The Morgan fingerprint density at radius 1 is 1.38 bits per heavy atom. The highest BCUT2D eigenvalue weighted by molar-refractivity contribution is 6.06. The van der Waals surface area contributed by atoms with Gasteiger partial charge in [-0.1, -0.05) is 6.58 Å². The van der Waals surface area contributed by atoms with E-state index in [2.05, 4.69) is 26.9 Å². The summed E-state index contributed by atoms with van der Waals surface area (Å²) in [5.41, 5.74) is 18.7. The van der Waals surface area contributed by atoms with Gasteiger partial charge in [0.25, 0.3) is 0 Å². The predicted octanol–water partition coefficient (Wildman–Crippen LogP) is 1.27. The van der Waals surface area contributed by atoms with Gasteiger partial charge in [-0.3, -0.25) is 9.79 Å². The van der Waals surface area contributed by atoms with Gasteiger partial charge in [-0.15, -0.1) is 0 Å². The minimum atomic E-state index is -0.130. The third-order valence-corrected chi connectivity index (χ3v) is 4.64. The number of nitrogens with two attached hydrogens (primary N) is 3. The number of hydrogen-bond donors (Lipinski definition) is 5. The van der Waals surface area contributed by atoms with Gasteiger partial charge in [0.15, 0.2) is 0 Å². The summed E-state index contributed by atoms with van der Waals surface area (Å²) in [5, 5.41) is 11.4. The highest BCUT2D eigenvalue weighted by atomic mass is 16.2. The van der Waals surface area contributed by atoms with E-state index >= 15 is 0 Å². The van der Waals surface area contributed by atoms with Crippen molar-refractivity contribution in [2.75, 3.05) is 29.9 Å². The summed E-state index contributed by atoms with van der Waals surface area (Å²) in [4.78, 5) is 26.3. The Kier molecular flexibility index (Phi) is 7.70. The third-order valence-electron chi connectivity index (χ3n) is 4.64. The molecule has 1 unspecified atom stereocenters. The van der Waals surface area contributed by atoms with Crippen molar-refractivity contribution in [2.45, 2.75) is 38.6 Å². The summed E-state index contributed by atoms with van der Waals surface area (Å²) in [7, 11) is 0. The van der Waals surface area contributed by atoms with Crippen molar-refractivity contribution in [3.8, 4) is 0 Å². The monoisotopic (exact) mass is 399 g/mol. The van der Waals surface area contributed by atoms with Crippen molar-refractivity contribution < 1.29 is 4.79 Å². The fraction of sp³-hybridized carbons (Fsp3) is 0.421. The average molecular weight is 400 g/mol. The Morgan fingerprint density at radius 2 is 2.07 bits per heavy atom. The van der Waals surface area contributed by atoms with E-state index in [-0.39, 0.29) is 40.8 Å². The maximum Gasteiger partial charge on any atom is 0.246 e. The molecule has 0 aliphatic carbocycles. The molecule has 1 aliphatic heterocycles. The first-order valence-corrected chi connectivity index (χ1v) is 9.53. The van der Waals surface area contributed by atoms with E-state index in [4.69, 9.17) is 22.6 Å². The number of aromatic nitrogens is 2. The van der Waals surface area contributed by atoms with Crippen LogP contribution in [0.1, 0.15) is 38.2 Å². The Bertz CT molecular complexity index is 808. The molecule has 8 N–H and O–H groups in total. The molecule has 1 amide bonds. The van der Waals surface area contributed by atoms with Gasteiger partial charge in [0.1, 0.15) is 11.6 Å². The maximum absolute atomic E-state index is 12.1. The molecule has 1 aromatic rings. The first-order valence-electron chi connectivity index (χ1n) is 9.53. The second-order valence-corrected chi connectivity index (χ2v) is 6.64. The van der Waals surface area contributed by atoms with Gasteiger partial charge in [-0.05, 0) is 32.3 Å². The van der Waals surface area contributed by atoms with Gasteiger partial charge in [0.2, 0.25) is 11.9 Å². The Hall–Kier alpha value is -3.43. The van der Waals surface area contributed by atoms with Crippen LogP contribution in [-0.2, 0) is 4.79 Å². The fourth-order valence-corrected chi connectivity index (χ4v) is 3.25. The quantitative estimate of drug-likeness (QED) is 0.323. The van der Waals surface area contributed by atoms with Gasteiger partial charge in [-0.2, -0.15) is 9.97 Å². The Balaban J connectivity index is 2.19. The topological polar surface area (TPSA) is 172 Å². The Labute approximate surface area is 170 Å². The number of carbonyl (C=O) groups is 1. The maximum atomic E-state index is 12.1. The van der Waals surface area contributed by atoms with Gasteiger partial charge in [-0.25, -0.2) is 0 Å². The number of nitrogens with one attached hydrogen (secondary N) is 2. The number of aliphatic imine (C=N–C) groups is 1. The zero-order valence-electron chi connectivity index (χ0n) is 16.7. The molecule has 29 heavy (non-hydrogen) atoms. The van der Waals surface area contributed by atoms with Crippen molar-refractivity contribution in [3.05, 3.63) is 30.1 Å². The highest BCUT2D eigenvalue weighted by Crippen LogP contribution is 2.25. The minimum absolute atomic E-state index is 0.0891. The molecule has 2 rings (SSSR count). The summed E-state index contributed by atoms with van der Waals surface area (Å²) < 4.78 is 0. The molecule has 10 nitrogen and oxygen atoms in total. The van der Waals surface area contributed by atoms with E-state index < -0.39 is 0 Å². The highest BCUT2D eigenvalue weighted by Gasteiger charge is 2.28. The van der Waals surface area contributed by atoms with Crippen LogP contribution in [-0.4, -0.2) is 51.8 Å². The van der Waals surface area contributed by atoms with Crippen LogP contribution in [0.15, 0.2) is 29.5 Å². The van der Waals surface area contributed by atoms with Crippen LogP contribution in [0.3, 0.4) is 0 Å². The van der Waals surface area contributed by atoms with Gasteiger partial charge >= 0.3 is 0 Å². The molecule has 1 saturated heterocycles. The largest absolute Gasteiger partial charge is 0.403 e. The molecule has 0 aromatic carbocycles. The fourth-order valence-electron chi connectivity index (χ4n) is 3.25. The van der Waals surface area contributed by atoms with Crippen molar-refractivity contribution in [2.24, 2.45) is 10.7 Å². The van der Waals surface area contributed by atoms with Gasteiger partial charge in [0.05, 0.1) is 11.3 Å². The minimum Gasteiger partial charge on any atom is -0.403 e. The van der Waals surface area contributed by atoms with E-state index in [9.17, 15) is 4.79 Å². The molecule has 0 radical (unpaired) electrons. The number of rotatable bonds is 8. The summed E-state index contributed by atoms with van der Waals surface area (Å²) in [5.74, 6) is 0.212. The van der Waals surface area contributed by atoms with Gasteiger partial charge in [0, 0.05) is 43.7 Å². The molecule has 10 heteroatoms. The van der Waals surface area contributed by atoms with Crippen molar-refractivity contribution >= 4 is 35.4 Å². The van der Waals surface area contributed by atoms with Crippen LogP contribution in [0.2, 0.25) is 0 Å². The zero-order chi connectivity index (χ0) is 21.4. The first kappa shape index (κ1) is 21.9. The number of nitrogens with zero attached hydrogens (tertiary/aromatic N) is 4. The number of likely N-dealkylation sites (tertiary alicyclic amines) is 1. The number of piperidine rings is 1. The van der Waals surface area contributed by atoms with Crippen LogP contribution in [0.5, 0.6) is 0 Å². The first-order chi connectivity index (χ1) is 13.9. The van der Waals surface area contributed by atoms with E-state index in [0.29, 0.717) is 25.2 Å². The standard InChI is InChI=1S/C19H29N9O/c1-3-15(29)28-8-6-5-7-13(28)9-14(21)16-17(22)26-19(27-18(16)23)25-12(10-20)11-24-4-2/h3,10-11,13,21H,1,4-9,20H2,2H3,(H5,22,23,25,26,27). The molecule has 1 atom stereocenters. The van der Waals surface area contributed by atoms with Crippen LogP contribution < -0.4 is 22.5 Å². The van der Waals surface area contributed by atoms with E-state index in [1.54, 1.807) is 11.1 Å². The molecular formula is C19H29N9O. The number of nitrogen functional groups attached to an aromatic ring is 2. The van der Waals surface area contributed by atoms with Crippen molar-refractivity contribution in [1.29, 1.82) is 5.41 Å². The lowest BCUT2D eigenvalue weighted by Gasteiger charge is -2.35. The third kappa shape index (κ3) is 5.53. The molecule has 2 heterocycles. The number of amides is 1. The predicted molar refractivity (Wildman–Crippen MR) is 117 cm³/mol. The second-order valence-electron chi connectivity index (χ2n) is 6.64. The molecule has 1 fully saturated rings. The lowest BCUT2D eigenvalue weighted by Crippen LogP contribution is -2.44. The summed E-state index contributed by atoms with van der Waals surface area (Å²) >= 11 is 0.